The minimum Gasteiger partial charge on any atom is -0.380 e. The summed E-state index contributed by atoms with van der Waals surface area (Å²) in [5.41, 5.74) is 0.131. The maximum Gasteiger partial charge on any atom is 0.417 e. The Balaban J connectivity index is 1.40. The van der Waals surface area contributed by atoms with Crippen molar-refractivity contribution < 1.29 is 22.7 Å². The molecule has 36 heavy (non-hydrogen) atoms. The molecule has 2 atom stereocenters. The van der Waals surface area contributed by atoms with Crippen molar-refractivity contribution in [3.05, 3.63) is 58.9 Å². The van der Waals surface area contributed by atoms with E-state index in [0.29, 0.717) is 56.6 Å². The molecule has 9 heteroatoms. The number of aromatic nitrogens is 1. The Kier molecular flexibility index (Phi) is 6.41. The van der Waals surface area contributed by atoms with E-state index in [0.717, 1.165) is 18.2 Å². The van der Waals surface area contributed by atoms with E-state index in [1.807, 2.05) is 22.8 Å². The summed E-state index contributed by atoms with van der Waals surface area (Å²) in [5.74, 6) is 0.686. The van der Waals surface area contributed by atoms with Crippen molar-refractivity contribution in [1.82, 2.24) is 9.88 Å². The molecule has 1 saturated carbocycles. The lowest BCUT2D eigenvalue weighted by molar-refractivity contribution is -0.137. The van der Waals surface area contributed by atoms with Crippen LogP contribution in [0.25, 0.3) is 0 Å². The van der Waals surface area contributed by atoms with E-state index in [9.17, 15) is 18.0 Å². The summed E-state index contributed by atoms with van der Waals surface area (Å²) in [7, 11) is 0. The number of carbonyl (C=O) groups is 1. The molecule has 3 heterocycles. The van der Waals surface area contributed by atoms with Crippen LogP contribution in [0.15, 0.2) is 36.5 Å². The molecule has 190 valence electrons. The molecule has 0 spiro atoms. The molecule has 3 aliphatic rings. The molecule has 2 aliphatic heterocycles. The summed E-state index contributed by atoms with van der Waals surface area (Å²) in [5, 5.41) is 9.16. The van der Waals surface area contributed by atoms with E-state index < -0.39 is 11.7 Å². The molecule has 1 aliphatic carbocycles. The third-order valence-electron chi connectivity index (χ3n) is 7.75. The van der Waals surface area contributed by atoms with Crippen LogP contribution in [0.4, 0.5) is 18.9 Å². The van der Waals surface area contributed by atoms with E-state index in [1.165, 1.54) is 18.9 Å². The average Bonchev–Trinajstić information content (AvgIpc) is 3.60. The van der Waals surface area contributed by atoms with E-state index in [4.69, 9.17) is 10.00 Å². The zero-order chi connectivity index (χ0) is 25.5. The number of rotatable bonds is 6. The Bertz CT molecular complexity index is 1170. The van der Waals surface area contributed by atoms with Crippen LogP contribution in [-0.2, 0) is 10.9 Å². The second kappa shape index (κ2) is 9.40. The third-order valence-corrected chi connectivity index (χ3v) is 7.75. The quantitative estimate of drug-likeness (QED) is 0.579. The largest absolute Gasteiger partial charge is 0.417 e. The van der Waals surface area contributed by atoms with Crippen molar-refractivity contribution in [3.8, 4) is 6.07 Å². The standard InChI is InChI=1S/C27H29F3N4O2/c1-18-2-5-21(12-32-18)25(35)33-9-8-22-13-34(16-26(22,15-33)17-36-14-19-3-4-19)23-7-6-20(11-31)24(10-23)27(28,29)30/h2,5-7,10,12,19,22H,3-4,8-9,13-17H2,1H3/t22-,26+/m0/s1. The Labute approximate surface area is 208 Å². The number of pyridine rings is 1. The van der Waals surface area contributed by atoms with Crippen molar-refractivity contribution in [2.45, 2.75) is 32.4 Å². The van der Waals surface area contributed by atoms with E-state index in [1.54, 1.807) is 24.4 Å². The number of likely N-dealkylation sites (tertiary alicyclic amines) is 1. The first-order chi connectivity index (χ1) is 17.2. The summed E-state index contributed by atoms with van der Waals surface area (Å²) < 4.78 is 47.0. The second-order valence-corrected chi connectivity index (χ2v) is 10.4. The highest BCUT2D eigenvalue weighted by Gasteiger charge is 2.51. The number of fused-ring (bicyclic) bond motifs is 1. The zero-order valence-electron chi connectivity index (χ0n) is 20.2. The van der Waals surface area contributed by atoms with Crippen molar-refractivity contribution in [1.29, 1.82) is 5.26 Å². The van der Waals surface area contributed by atoms with E-state index in [-0.39, 0.29) is 22.8 Å². The number of nitrogens with zero attached hydrogens (tertiary/aromatic N) is 4. The lowest BCUT2D eigenvalue weighted by Gasteiger charge is -2.44. The molecule has 0 radical (unpaired) electrons. The number of amides is 1. The second-order valence-electron chi connectivity index (χ2n) is 10.4. The molecule has 1 aromatic heterocycles. The van der Waals surface area contributed by atoms with Crippen LogP contribution in [0.5, 0.6) is 0 Å². The molecule has 1 amide bonds. The molecule has 2 aromatic rings. The summed E-state index contributed by atoms with van der Waals surface area (Å²) in [4.78, 5) is 21.3. The minimum atomic E-state index is -4.61. The first-order valence-corrected chi connectivity index (χ1v) is 12.3. The zero-order valence-corrected chi connectivity index (χ0v) is 20.2. The van der Waals surface area contributed by atoms with Gasteiger partial charge in [0.25, 0.3) is 5.91 Å². The number of alkyl halides is 3. The number of ether oxygens (including phenoxy) is 1. The Morgan fingerprint density at radius 2 is 2.03 bits per heavy atom. The third kappa shape index (κ3) is 4.92. The van der Waals surface area contributed by atoms with Gasteiger partial charge in [-0.15, -0.1) is 0 Å². The van der Waals surface area contributed by atoms with Crippen molar-refractivity contribution in [2.24, 2.45) is 17.3 Å². The molecular formula is C27H29F3N4O2. The van der Waals surface area contributed by atoms with Gasteiger partial charge in [-0.2, -0.15) is 18.4 Å². The SMILES string of the molecule is Cc1ccc(C(=O)N2CC[C@H]3CN(c4ccc(C#N)c(C(F)(F)F)c4)C[C@@]3(COCC3CC3)C2)cn1. The van der Waals surface area contributed by atoms with Gasteiger partial charge in [-0.05, 0) is 68.4 Å². The number of benzene rings is 1. The first kappa shape index (κ1) is 24.6. The fourth-order valence-electron chi connectivity index (χ4n) is 5.51. The van der Waals surface area contributed by atoms with Gasteiger partial charge in [0.2, 0.25) is 0 Å². The van der Waals surface area contributed by atoms with Crippen LogP contribution < -0.4 is 4.90 Å². The van der Waals surface area contributed by atoms with Gasteiger partial charge in [0.05, 0.1) is 29.4 Å². The number of nitriles is 1. The Morgan fingerprint density at radius 1 is 1.22 bits per heavy atom. The van der Waals surface area contributed by atoms with Crippen LogP contribution in [0.2, 0.25) is 0 Å². The fraction of sp³-hybridized carbons (Fsp3) is 0.519. The van der Waals surface area contributed by atoms with Crippen molar-refractivity contribution in [3.63, 3.8) is 0 Å². The summed E-state index contributed by atoms with van der Waals surface area (Å²) in [6.45, 7) is 5.14. The lowest BCUT2D eigenvalue weighted by Crippen LogP contribution is -2.53. The highest BCUT2D eigenvalue weighted by molar-refractivity contribution is 5.94. The van der Waals surface area contributed by atoms with Gasteiger partial charge in [0, 0.05) is 55.8 Å². The van der Waals surface area contributed by atoms with E-state index in [2.05, 4.69) is 4.98 Å². The van der Waals surface area contributed by atoms with Crippen molar-refractivity contribution >= 4 is 11.6 Å². The molecule has 5 rings (SSSR count). The lowest BCUT2D eigenvalue weighted by atomic mass is 9.73. The van der Waals surface area contributed by atoms with Gasteiger partial charge in [-0.25, -0.2) is 0 Å². The number of halogens is 3. The monoisotopic (exact) mass is 498 g/mol. The Morgan fingerprint density at radius 3 is 2.69 bits per heavy atom. The van der Waals surface area contributed by atoms with Gasteiger partial charge in [0.1, 0.15) is 0 Å². The molecule has 2 saturated heterocycles. The number of piperidine rings is 1. The highest BCUT2D eigenvalue weighted by atomic mass is 19.4. The normalized spacial score (nSPS) is 23.9. The van der Waals surface area contributed by atoms with Crippen LogP contribution in [0.3, 0.4) is 0 Å². The molecule has 6 nitrogen and oxygen atoms in total. The number of anilines is 1. The molecule has 0 N–H and O–H groups in total. The Hall–Kier alpha value is -3.12. The molecule has 3 fully saturated rings. The maximum absolute atomic E-state index is 13.6. The number of hydrogen-bond acceptors (Lipinski definition) is 5. The van der Waals surface area contributed by atoms with Crippen LogP contribution in [-0.4, -0.2) is 55.2 Å². The number of hydrogen-bond donors (Lipinski definition) is 0. The first-order valence-electron chi connectivity index (χ1n) is 12.3. The van der Waals surface area contributed by atoms with Crippen molar-refractivity contribution in [2.75, 3.05) is 44.3 Å². The predicted octanol–water partition coefficient (Wildman–Crippen LogP) is 4.68. The summed E-state index contributed by atoms with van der Waals surface area (Å²) in [6, 6.07) is 9.16. The molecular weight excluding hydrogens is 469 g/mol. The van der Waals surface area contributed by atoms with Gasteiger partial charge in [-0.1, -0.05) is 0 Å². The van der Waals surface area contributed by atoms with Crippen LogP contribution >= 0.6 is 0 Å². The van der Waals surface area contributed by atoms with E-state index >= 15 is 0 Å². The fourth-order valence-corrected chi connectivity index (χ4v) is 5.51. The van der Waals surface area contributed by atoms with Gasteiger partial charge >= 0.3 is 6.18 Å². The topological polar surface area (TPSA) is 69.5 Å². The molecule has 0 bridgehead atoms. The summed E-state index contributed by atoms with van der Waals surface area (Å²) in [6.07, 6.45) is 0.0646. The van der Waals surface area contributed by atoms with Crippen LogP contribution in [0, 0.1) is 35.5 Å². The van der Waals surface area contributed by atoms with Crippen LogP contribution in [0.1, 0.15) is 46.4 Å². The average molecular weight is 499 g/mol. The smallest absolute Gasteiger partial charge is 0.380 e. The minimum absolute atomic E-state index is 0.0845. The number of aryl methyl sites for hydroxylation is 1. The maximum atomic E-state index is 13.6. The van der Waals surface area contributed by atoms with Gasteiger partial charge in [-0.3, -0.25) is 9.78 Å². The van der Waals surface area contributed by atoms with Gasteiger partial charge < -0.3 is 14.5 Å². The molecule has 1 aromatic carbocycles. The highest BCUT2D eigenvalue weighted by Crippen LogP contribution is 2.45. The summed E-state index contributed by atoms with van der Waals surface area (Å²) >= 11 is 0. The molecule has 0 unspecified atom stereocenters. The van der Waals surface area contributed by atoms with Gasteiger partial charge in [0.15, 0.2) is 0 Å². The predicted molar refractivity (Wildman–Crippen MR) is 127 cm³/mol. The number of carbonyl (C=O) groups excluding carboxylic acids is 1.